The van der Waals surface area contributed by atoms with E-state index in [0.29, 0.717) is 12.8 Å². The highest BCUT2D eigenvalue weighted by atomic mass is 33.7. The van der Waals surface area contributed by atoms with E-state index in [-0.39, 0.29) is 0 Å². The van der Waals surface area contributed by atoms with Gasteiger partial charge in [-0.25, -0.2) is 0 Å². The zero-order chi connectivity index (χ0) is 16.9. The minimum atomic E-state index is -0.944. The Hall–Kier alpha value is 1.16. The van der Waals surface area contributed by atoms with E-state index in [2.05, 4.69) is 0 Å². The molecule has 0 aromatic rings. The second-order valence-electron chi connectivity index (χ2n) is 3.87. The lowest BCUT2D eigenvalue weighted by Gasteiger charge is -2.28. The molecule has 0 radical (unpaired) electrons. The van der Waals surface area contributed by atoms with Crippen LogP contribution in [0.25, 0.3) is 0 Å². The molecule has 0 saturated heterocycles. The lowest BCUT2D eigenvalue weighted by atomic mass is 10.4. The summed E-state index contributed by atoms with van der Waals surface area (Å²) in [6, 6.07) is 0. The Labute approximate surface area is 148 Å². The summed E-state index contributed by atoms with van der Waals surface area (Å²) < 4.78 is 31.4. The van der Waals surface area contributed by atoms with Crippen LogP contribution in [0.4, 0.5) is 0 Å². The van der Waals surface area contributed by atoms with Crippen LogP contribution >= 0.6 is 41.2 Å². The maximum atomic E-state index is 5.24. The molecule has 0 heterocycles. The Kier molecular flexibility index (Phi) is 14.2. The minimum absolute atomic E-state index is 0.652. The van der Waals surface area contributed by atoms with Gasteiger partial charge in [-0.3, -0.25) is 0 Å². The SMILES string of the molecule is COC(CCSSSSCCC(OC)(OC)OC)(OC)OC. The highest BCUT2D eigenvalue weighted by molar-refractivity contribution is 9.26. The fourth-order valence-electron chi connectivity index (χ4n) is 1.55. The summed E-state index contributed by atoms with van der Waals surface area (Å²) in [6.45, 7) is 0. The van der Waals surface area contributed by atoms with Crippen LogP contribution < -0.4 is 0 Å². The molecule has 0 unspecified atom stereocenters. The molecule has 0 aromatic heterocycles. The number of hydrogen-bond acceptors (Lipinski definition) is 10. The average Bonchev–Trinajstić information content (AvgIpc) is 2.58. The van der Waals surface area contributed by atoms with Crippen LogP contribution in [-0.2, 0) is 28.4 Å². The first-order valence-corrected chi connectivity index (χ1v) is 11.6. The van der Waals surface area contributed by atoms with Crippen LogP contribution in [-0.4, -0.2) is 66.1 Å². The molecular weight excluding hydrogens is 368 g/mol. The fraction of sp³-hybridized carbons (Fsp3) is 1.00. The number of ether oxygens (including phenoxy) is 6. The third-order valence-corrected chi connectivity index (χ3v) is 9.44. The molecule has 0 fully saturated rings. The van der Waals surface area contributed by atoms with Gasteiger partial charge in [0.25, 0.3) is 11.9 Å². The lowest BCUT2D eigenvalue weighted by Crippen LogP contribution is -2.36. The summed E-state index contributed by atoms with van der Waals surface area (Å²) in [4.78, 5) is 0. The third kappa shape index (κ3) is 8.32. The Morgan fingerprint density at radius 1 is 0.545 bits per heavy atom. The summed E-state index contributed by atoms with van der Waals surface area (Å²) >= 11 is 0. The molecule has 0 aliphatic carbocycles. The maximum Gasteiger partial charge on any atom is 0.282 e. The van der Waals surface area contributed by atoms with Gasteiger partial charge < -0.3 is 28.4 Å². The highest BCUT2D eigenvalue weighted by Crippen LogP contribution is 2.44. The first kappa shape index (κ1) is 23.2. The van der Waals surface area contributed by atoms with Crippen LogP contribution in [0, 0.1) is 0 Å². The van der Waals surface area contributed by atoms with Crippen molar-refractivity contribution in [1.29, 1.82) is 0 Å². The molecule has 10 heteroatoms. The molecule has 0 amide bonds. The predicted octanol–water partition coefficient (Wildman–Crippen LogP) is 3.63. The Bertz CT molecular complexity index is 221. The molecule has 0 aromatic carbocycles. The normalized spacial score (nSPS) is 12.8. The van der Waals surface area contributed by atoms with E-state index in [1.807, 2.05) is 0 Å². The smallest absolute Gasteiger partial charge is 0.282 e. The molecule has 0 N–H and O–H groups in total. The van der Waals surface area contributed by atoms with Crippen molar-refractivity contribution in [2.75, 3.05) is 54.2 Å². The van der Waals surface area contributed by atoms with E-state index in [0.717, 1.165) is 11.5 Å². The van der Waals surface area contributed by atoms with Crippen LogP contribution in [0.1, 0.15) is 12.8 Å². The highest BCUT2D eigenvalue weighted by Gasteiger charge is 2.29. The second kappa shape index (κ2) is 13.5. The topological polar surface area (TPSA) is 55.4 Å². The van der Waals surface area contributed by atoms with Crippen molar-refractivity contribution in [3.63, 3.8) is 0 Å². The molecule has 0 bridgehead atoms. The summed E-state index contributed by atoms with van der Waals surface area (Å²) in [5.41, 5.74) is 0. The van der Waals surface area contributed by atoms with E-state index in [1.165, 1.54) is 0 Å². The maximum absolute atomic E-state index is 5.24. The summed E-state index contributed by atoms with van der Waals surface area (Å²) in [7, 11) is 16.3. The third-order valence-electron chi connectivity index (χ3n) is 2.97. The van der Waals surface area contributed by atoms with Crippen molar-refractivity contribution in [3.8, 4) is 0 Å². The van der Waals surface area contributed by atoms with Crippen molar-refractivity contribution >= 4 is 41.2 Å². The fourth-order valence-corrected chi connectivity index (χ4v) is 7.63. The lowest BCUT2D eigenvalue weighted by molar-refractivity contribution is -0.352. The first-order chi connectivity index (χ1) is 10.6. The Balaban J connectivity index is 3.70. The van der Waals surface area contributed by atoms with E-state index in [9.17, 15) is 0 Å². The quantitative estimate of drug-likeness (QED) is 0.234. The average molecular weight is 395 g/mol. The van der Waals surface area contributed by atoms with Gasteiger partial charge >= 0.3 is 0 Å². The Morgan fingerprint density at radius 2 is 0.818 bits per heavy atom. The summed E-state index contributed by atoms with van der Waals surface area (Å²) in [6.07, 6.45) is 1.30. The molecule has 0 aliphatic rings. The molecule has 6 nitrogen and oxygen atoms in total. The van der Waals surface area contributed by atoms with Crippen LogP contribution in [0.2, 0.25) is 0 Å². The molecule has 0 rings (SSSR count). The summed E-state index contributed by atoms with van der Waals surface area (Å²) in [5, 5.41) is 0. The van der Waals surface area contributed by atoms with Crippen LogP contribution in [0.3, 0.4) is 0 Å². The van der Waals surface area contributed by atoms with Crippen molar-refractivity contribution < 1.29 is 28.4 Å². The second-order valence-corrected chi connectivity index (χ2v) is 10.1. The van der Waals surface area contributed by atoms with Gasteiger partial charge in [0.2, 0.25) is 0 Å². The largest absolute Gasteiger partial charge is 0.331 e. The van der Waals surface area contributed by atoms with Crippen molar-refractivity contribution in [2.45, 2.75) is 24.8 Å². The van der Waals surface area contributed by atoms with Crippen LogP contribution in [0.15, 0.2) is 0 Å². The molecule has 0 atom stereocenters. The van der Waals surface area contributed by atoms with Gasteiger partial charge in [-0.2, -0.15) is 0 Å². The van der Waals surface area contributed by atoms with Gasteiger partial charge in [0.05, 0.1) is 0 Å². The zero-order valence-corrected chi connectivity index (χ0v) is 17.2. The molecule has 0 aliphatic heterocycles. The molecule has 22 heavy (non-hydrogen) atoms. The zero-order valence-electron chi connectivity index (χ0n) is 13.9. The van der Waals surface area contributed by atoms with E-state index in [1.54, 1.807) is 83.9 Å². The standard InChI is InChI=1S/C12H26O6S4/c1-13-11(14-2,15-3)7-9-19-21-22-20-10-8-12(16-4,17-5)18-6/h7-10H2,1-6H3. The number of rotatable bonds is 15. The number of hydrogen-bond donors (Lipinski definition) is 0. The first-order valence-electron chi connectivity index (χ1n) is 6.46. The van der Waals surface area contributed by atoms with E-state index >= 15 is 0 Å². The van der Waals surface area contributed by atoms with Crippen LogP contribution in [0.5, 0.6) is 0 Å². The summed E-state index contributed by atoms with van der Waals surface area (Å²) in [5.74, 6) is -0.182. The van der Waals surface area contributed by atoms with Gasteiger partial charge in [0.1, 0.15) is 0 Å². The van der Waals surface area contributed by atoms with Gasteiger partial charge in [-0.1, -0.05) is 21.6 Å². The van der Waals surface area contributed by atoms with Gasteiger partial charge in [0, 0.05) is 67.0 Å². The number of methoxy groups -OCH3 is 6. The minimum Gasteiger partial charge on any atom is -0.331 e. The van der Waals surface area contributed by atoms with Crippen molar-refractivity contribution in [2.24, 2.45) is 0 Å². The van der Waals surface area contributed by atoms with Gasteiger partial charge in [-0.05, 0) is 19.7 Å². The Morgan fingerprint density at radius 3 is 1.05 bits per heavy atom. The van der Waals surface area contributed by atoms with Crippen molar-refractivity contribution in [1.82, 2.24) is 0 Å². The van der Waals surface area contributed by atoms with E-state index < -0.39 is 11.9 Å². The monoisotopic (exact) mass is 394 g/mol. The molecule has 0 spiro atoms. The van der Waals surface area contributed by atoms with E-state index in [4.69, 9.17) is 28.4 Å². The van der Waals surface area contributed by atoms with Crippen molar-refractivity contribution in [3.05, 3.63) is 0 Å². The molecule has 0 saturated carbocycles. The molecule has 134 valence electrons. The van der Waals surface area contributed by atoms with Gasteiger partial charge in [0.15, 0.2) is 0 Å². The predicted molar refractivity (Wildman–Crippen MR) is 96.8 cm³/mol. The van der Waals surface area contributed by atoms with Gasteiger partial charge in [-0.15, -0.1) is 0 Å². The molecular formula is C12H26O6S4.